The summed E-state index contributed by atoms with van der Waals surface area (Å²) in [6.45, 7) is -0.242. The predicted octanol–water partition coefficient (Wildman–Crippen LogP) is 7.58. The highest BCUT2D eigenvalue weighted by atomic mass is 32.2. The summed E-state index contributed by atoms with van der Waals surface area (Å²) in [4.78, 5) is 7.42. The summed E-state index contributed by atoms with van der Waals surface area (Å²) < 4.78 is 21.0. The number of benzene rings is 9. The zero-order chi connectivity index (χ0) is 40.9. The van der Waals surface area contributed by atoms with E-state index in [1.165, 1.54) is 42.8 Å². The van der Waals surface area contributed by atoms with Gasteiger partial charge in [-0.15, -0.1) is 0 Å². The van der Waals surface area contributed by atoms with Crippen LogP contribution in [0, 0.1) is 0 Å². The molecule has 0 saturated carbocycles. The van der Waals surface area contributed by atoms with Crippen molar-refractivity contribution in [3.63, 3.8) is 0 Å². The van der Waals surface area contributed by atoms with Gasteiger partial charge in [-0.05, 0) is 111 Å². The van der Waals surface area contributed by atoms with Crippen molar-refractivity contribution in [3.8, 4) is 34.5 Å². The van der Waals surface area contributed by atoms with E-state index in [1.54, 1.807) is 0 Å². The van der Waals surface area contributed by atoms with Crippen LogP contribution in [0.4, 0.5) is 34.1 Å². The topological polar surface area (TPSA) is 34.2 Å². The zero-order valence-corrected chi connectivity index (χ0v) is 34.5. The Morgan fingerprint density at radius 1 is 0.317 bits per heavy atom. The molecule has 0 N–H and O–H groups in total. The van der Waals surface area contributed by atoms with E-state index < -0.39 is 0 Å². The van der Waals surface area contributed by atoms with Crippen LogP contribution in [0.25, 0.3) is 0 Å². The SMILES string of the molecule is c1ccc(N2c3cc4c(cc3B3c5c2cccc5N(c2ccccc2)c2cc5c6c(c23)Oc2ccccc2B6c2ccccc2O5)B2c3ccccc3Oc3cccc(c32)S4)cc1. The molecule has 0 radical (unpaired) electrons. The summed E-state index contributed by atoms with van der Waals surface area (Å²) in [5, 5.41) is 0. The van der Waals surface area contributed by atoms with Crippen molar-refractivity contribution in [1.82, 2.24) is 0 Å². The summed E-state index contributed by atoms with van der Waals surface area (Å²) in [7, 11) is 0. The van der Waals surface area contributed by atoms with Crippen molar-refractivity contribution < 1.29 is 14.2 Å². The summed E-state index contributed by atoms with van der Waals surface area (Å²) in [5.41, 5.74) is 17.4. The highest BCUT2D eigenvalue weighted by Gasteiger charge is 2.51. The van der Waals surface area contributed by atoms with Gasteiger partial charge < -0.3 is 24.0 Å². The molecule has 0 aromatic heterocycles. The molecule has 9 aromatic carbocycles. The summed E-state index contributed by atoms with van der Waals surface area (Å²) in [6, 6.07) is 67.9. The predicted molar refractivity (Wildman–Crippen MR) is 260 cm³/mol. The number of ether oxygens (including phenoxy) is 3. The molecule has 5 nitrogen and oxygen atoms in total. The lowest BCUT2D eigenvalue weighted by atomic mass is 9.29. The summed E-state index contributed by atoms with van der Waals surface area (Å²) in [6.07, 6.45) is 0. The average molecular weight is 820 g/mol. The molecular weight excluding hydrogens is 789 g/mol. The zero-order valence-electron chi connectivity index (χ0n) is 33.7. The van der Waals surface area contributed by atoms with Crippen LogP contribution in [0.5, 0.6) is 34.5 Å². The van der Waals surface area contributed by atoms with Gasteiger partial charge in [-0.25, -0.2) is 0 Å². The molecule has 0 saturated heterocycles. The number of fused-ring (bicyclic) bond motifs is 13. The van der Waals surface area contributed by atoms with Crippen molar-refractivity contribution in [1.29, 1.82) is 0 Å². The summed E-state index contributed by atoms with van der Waals surface area (Å²) >= 11 is 1.85. The lowest BCUT2D eigenvalue weighted by molar-refractivity contribution is 0.467. The van der Waals surface area contributed by atoms with Gasteiger partial charge in [-0.2, -0.15) is 0 Å². The molecule has 0 unspecified atom stereocenters. The minimum absolute atomic E-state index is 0.00712. The van der Waals surface area contributed by atoms with E-state index >= 15 is 0 Å². The number of rotatable bonds is 2. The Balaban J connectivity index is 1.07. The van der Waals surface area contributed by atoms with Crippen molar-refractivity contribution >= 4 is 115 Å². The third-order valence-corrected chi connectivity index (χ3v) is 15.0. The van der Waals surface area contributed by atoms with Crippen LogP contribution in [0.1, 0.15) is 0 Å². The monoisotopic (exact) mass is 820 g/mol. The Kier molecular flexibility index (Phi) is 6.81. The second kappa shape index (κ2) is 12.6. The van der Waals surface area contributed by atoms with Gasteiger partial charge in [0.1, 0.15) is 34.5 Å². The maximum Gasteiger partial charge on any atom is 0.260 e. The molecule has 0 aliphatic carbocycles. The third kappa shape index (κ3) is 4.57. The van der Waals surface area contributed by atoms with Crippen molar-refractivity contribution in [2.24, 2.45) is 0 Å². The van der Waals surface area contributed by atoms with E-state index in [2.05, 4.69) is 198 Å². The Morgan fingerprint density at radius 2 is 0.857 bits per heavy atom. The fraction of sp³-hybridized carbons (Fsp3) is 0. The number of nitrogens with zero attached hydrogens (tertiary/aromatic N) is 2. The minimum Gasteiger partial charge on any atom is -0.459 e. The molecule has 9 aromatic rings. The smallest absolute Gasteiger partial charge is 0.260 e. The van der Waals surface area contributed by atoms with E-state index in [1.807, 2.05) is 11.8 Å². The van der Waals surface area contributed by atoms with Crippen LogP contribution in [0.2, 0.25) is 0 Å². The normalized spacial score (nSPS) is 14.5. The summed E-state index contributed by atoms with van der Waals surface area (Å²) in [5.74, 6) is 5.31. The molecule has 9 heteroatoms. The lowest BCUT2D eigenvalue weighted by Gasteiger charge is -2.46. The van der Waals surface area contributed by atoms with Crippen molar-refractivity contribution in [3.05, 3.63) is 188 Å². The number of hydrogen-bond acceptors (Lipinski definition) is 6. The molecule has 0 fully saturated rings. The maximum absolute atomic E-state index is 7.39. The van der Waals surface area contributed by atoms with Gasteiger partial charge in [-0.3, -0.25) is 0 Å². The third-order valence-electron chi connectivity index (χ3n) is 13.9. The molecule has 6 aliphatic rings. The van der Waals surface area contributed by atoms with Gasteiger partial charge in [0.15, 0.2) is 0 Å². The second-order valence-corrected chi connectivity index (χ2v) is 18.1. The molecule has 0 atom stereocenters. The van der Waals surface area contributed by atoms with Crippen LogP contribution in [-0.2, 0) is 0 Å². The molecule has 15 rings (SSSR count). The van der Waals surface area contributed by atoms with Crippen molar-refractivity contribution in [2.75, 3.05) is 9.80 Å². The molecule has 0 amide bonds. The molecule has 0 bridgehead atoms. The highest BCUT2D eigenvalue weighted by molar-refractivity contribution is 8.00. The average Bonchev–Trinajstić information content (AvgIpc) is 3.33. The number of hydrogen-bond donors (Lipinski definition) is 0. The Bertz CT molecular complexity index is 3450. The van der Waals surface area contributed by atoms with Gasteiger partial charge in [0.25, 0.3) is 20.1 Å². The standard InChI is InChI=1S/C54H31B3N2O3S/c1-3-15-32(16-4-1)58-39-22-13-23-40-50(39)57(37-29-38-49(31-41(37)58)63-48-28-14-27-46-52(48)56(38)35-20-8-10-24-43(35)60-46)51-42(59(40)33-17-5-2-6-18-33)30-47-53-54(51)62-45-26-12-9-21-36(45)55(53)34-19-7-11-25-44(34)61-47/h1-31H. The van der Waals surface area contributed by atoms with Gasteiger partial charge in [0.05, 0.1) is 0 Å². The van der Waals surface area contributed by atoms with E-state index in [4.69, 9.17) is 14.2 Å². The lowest BCUT2D eigenvalue weighted by Crippen LogP contribution is -2.66. The number of anilines is 6. The first kappa shape index (κ1) is 34.2. The van der Waals surface area contributed by atoms with Crippen LogP contribution in [0.3, 0.4) is 0 Å². The molecule has 6 aliphatic heterocycles. The minimum atomic E-state index is -0.188. The second-order valence-electron chi connectivity index (χ2n) is 17.0. The first-order valence-corrected chi connectivity index (χ1v) is 22.4. The van der Waals surface area contributed by atoms with Crippen LogP contribution < -0.4 is 73.2 Å². The Hall–Kier alpha value is -7.48. The van der Waals surface area contributed by atoms with Gasteiger partial charge >= 0.3 is 0 Å². The molecule has 290 valence electrons. The quantitative estimate of drug-likeness (QED) is 0.168. The van der Waals surface area contributed by atoms with Gasteiger partial charge in [0, 0.05) is 55.4 Å². The Morgan fingerprint density at radius 3 is 1.52 bits per heavy atom. The Labute approximate surface area is 369 Å². The molecule has 6 heterocycles. The molecule has 63 heavy (non-hydrogen) atoms. The van der Waals surface area contributed by atoms with Gasteiger partial charge in [-0.1, -0.05) is 126 Å². The van der Waals surface area contributed by atoms with E-state index in [0.29, 0.717) is 0 Å². The fourth-order valence-electron chi connectivity index (χ4n) is 11.4. The van der Waals surface area contributed by atoms with E-state index in [9.17, 15) is 0 Å². The van der Waals surface area contributed by atoms with Crippen molar-refractivity contribution in [2.45, 2.75) is 9.79 Å². The highest BCUT2D eigenvalue weighted by Crippen LogP contribution is 2.48. The molecular formula is C54H31B3N2O3S. The maximum atomic E-state index is 7.39. The van der Waals surface area contributed by atoms with E-state index in [0.717, 1.165) is 84.8 Å². The first-order valence-electron chi connectivity index (χ1n) is 21.6. The fourth-order valence-corrected chi connectivity index (χ4v) is 12.6. The largest absolute Gasteiger partial charge is 0.459 e. The number of para-hydroxylation sites is 5. The van der Waals surface area contributed by atoms with Crippen LogP contribution in [-0.4, -0.2) is 20.1 Å². The van der Waals surface area contributed by atoms with Crippen LogP contribution in [0.15, 0.2) is 198 Å². The first-order chi connectivity index (χ1) is 31.3. The van der Waals surface area contributed by atoms with E-state index in [-0.39, 0.29) is 20.1 Å². The molecule has 0 spiro atoms. The van der Waals surface area contributed by atoms with Crippen LogP contribution >= 0.6 is 11.8 Å². The van der Waals surface area contributed by atoms with Gasteiger partial charge in [0.2, 0.25) is 0 Å².